The Morgan fingerprint density at radius 3 is 2.20 bits per heavy atom. The summed E-state index contributed by atoms with van der Waals surface area (Å²) in [4.78, 5) is 14.3. The molecule has 2 N–H and O–H groups in total. The van der Waals surface area contributed by atoms with E-state index in [1.165, 1.54) is 16.4 Å². The normalized spacial score (nSPS) is 24.8. The van der Waals surface area contributed by atoms with Crippen molar-refractivity contribution in [3.63, 3.8) is 0 Å². The van der Waals surface area contributed by atoms with Gasteiger partial charge in [-0.05, 0) is 43.5 Å². The first-order valence-corrected chi connectivity index (χ1v) is 9.62. The number of hydrogen-bond donors (Lipinski definition) is 1. The molecule has 0 spiro atoms. The predicted octanol–water partition coefficient (Wildman–Crippen LogP) is 1.21. The van der Waals surface area contributed by atoms with Crippen molar-refractivity contribution in [3.05, 3.63) is 30.1 Å². The number of piperazine rings is 1. The first-order valence-electron chi connectivity index (χ1n) is 8.18. The number of halogens is 2. The molecule has 1 aliphatic carbocycles. The molecule has 1 aromatic rings. The van der Waals surface area contributed by atoms with Gasteiger partial charge in [0.2, 0.25) is 15.9 Å². The minimum absolute atomic E-state index is 0. The molecule has 3 rings (SSSR count). The van der Waals surface area contributed by atoms with Gasteiger partial charge in [0, 0.05) is 38.1 Å². The second kappa shape index (κ2) is 7.99. The number of nitrogens with zero attached hydrogens (tertiary/aromatic N) is 2. The van der Waals surface area contributed by atoms with E-state index in [0.717, 1.165) is 25.0 Å². The molecular formula is C16H23ClFN3O3S. The van der Waals surface area contributed by atoms with Gasteiger partial charge in [-0.15, -0.1) is 12.4 Å². The van der Waals surface area contributed by atoms with E-state index in [4.69, 9.17) is 5.73 Å². The third-order valence-corrected chi connectivity index (χ3v) is 6.74. The standard InChI is InChI=1S/C16H22FN3O3S.ClH/c17-13-2-5-15(6-3-13)24(22,23)20-9-7-19(8-10-20)16(21)12-1-4-14(18)11-12;/h2-3,5-6,12,14H,1,4,7-11,18H2;1H. The SMILES string of the molecule is Cl.NC1CCC(C(=O)N2CCN(S(=O)(=O)c3ccc(F)cc3)CC2)C1. The van der Waals surface area contributed by atoms with Gasteiger partial charge in [-0.3, -0.25) is 4.79 Å². The van der Waals surface area contributed by atoms with E-state index < -0.39 is 15.8 Å². The molecule has 2 unspecified atom stereocenters. The number of nitrogens with two attached hydrogens (primary N) is 1. The molecule has 1 amide bonds. The summed E-state index contributed by atoms with van der Waals surface area (Å²) in [6, 6.07) is 4.90. The summed E-state index contributed by atoms with van der Waals surface area (Å²) < 4.78 is 39.4. The number of hydrogen-bond acceptors (Lipinski definition) is 4. The Labute approximate surface area is 153 Å². The second-order valence-electron chi connectivity index (χ2n) is 6.45. The van der Waals surface area contributed by atoms with E-state index in [1.807, 2.05) is 0 Å². The first kappa shape index (κ1) is 20.1. The fourth-order valence-electron chi connectivity index (χ4n) is 3.40. The molecule has 6 nitrogen and oxygen atoms in total. The number of benzene rings is 1. The quantitative estimate of drug-likeness (QED) is 0.839. The number of carbonyl (C=O) groups excluding carboxylic acids is 1. The molecule has 0 aromatic heterocycles. The molecule has 1 aliphatic heterocycles. The highest BCUT2D eigenvalue weighted by Gasteiger charge is 2.35. The van der Waals surface area contributed by atoms with Crippen LogP contribution in [-0.2, 0) is 14.8 Å². The molecule has 0 bridgehead atoms. The van der Waals surface area contributed by atoms with Gasteiger partial charge in [-0.25, -0.2) is 12.8 Å². The molecule has 2 atom stereocenters. The Bertz CT molecular complexity index is 706. The molecular weight excluding hydrogens is 369 g/mol. The lowest BCUT2D eigenvalue weighted by atomic mass is 10.1. The number of rotatable bonds is 3. The summed E-state index contributed by atoms with van der Waals surface area (Å²) in [5.41, 5.74) is 5.86. The number of amides is 1. The Balaban J connectivity index is 0.00000225. The second-order valence-corrected chi connectivity index (χ2v) is 8.39. The van der Waals surface area contributed by atoms with Gasteiger partial charge in [-0.2, -0.15) is 4.31 Å². The zero-order valence-electron chi connectivity index (χ0n) is 13.8. The van der Waals surface area contributed by atoms with Crippen LogP contribution in [0.4, 0.5) is 4.39 Å². The minimum atomic E-state index is -3.65. The average molecular weight is 392 g/mol. The van der Waals surface area contributed by atoms with Crippen LogP contribution in [0.5, 0.6) is 0 Å². The predicted molar refractivity (Wildman–Crippen MR) is 94.3 cm³/mol. The maximum Gasteiger partial charge on any atom is 0.243 e. The van der Waals surface area contributed by atoms with Crippen LogP contribution in [0.15, 0.2) is 29.2 Å². The Morgan fingerprint density at radius 2 is 1.68 bits per heavy atom. The van der Waals surface area contributed by atoms with Crippen molar-refractivity contribution < 1.29 is 17.6 Å². The summed E-state index contributed by atoms with van der Waals surface area (Å²) in [7, 11) is -3.65. The maximum atomic E-state index is 13.0. The maximum absolute atomic E-state index is 13.0. The number of sulfonamides is 1. The molecule has 1 saturated heterocycles. The van der Waals surface area contributed by atoms with Gasteiger partial charge in [0.05, 0.1) is 4.90 Å². The van der Waals surface area contributed by atoms with E-state index in [2.05, 4.69) is 0 Å². The molecule has 0 radical (unpaired) electrons. The third kappa shape index (κ3) is 4.31. The molecule has 140 valence electrons. The van der Waals surface area contributed by atoms with Gasteiger partial charge < -0.3 is 10.6 Å². The smallest absolute Gasteiger partial charge is 0.243 e. The van der Waals surface area contributed by atoms with Gasteiger partial charge in [0.15, 0.2) is 0 Å². The van der Waals surface area contributed by atoms with Crippen LogP contribution in [0.3, 0.4) is 0 Å². The van der Waals surface area contributed by atoms with Gasteiger partial charge in [-0.1, -0.05) is 0 Å². The third-order valence-electron chi connectivity index (χ3n) is 4.82. The molecule has 2 aliphatic rings. The highest BCUT2D eigenvalue weighted by atomic mass is 35.5. The zero-order valence-corrected chi connectivity index (χ0v) is 15.4. The first-order chi connectivity index (χ1) is 11.4. The van der Waals surface area contributed by atoms with Crippen LogP contribution in [0.1, 0.15) is 19.3 Å². The lowest BCUT2D eigenvalue weighted by Crippen LogP contribution is -2.51. The highest BCUT2D eigenvalue weighted by molar-refractivity contribution is 7.89. The zero-order chi connectivity index (χ0) is 17.3. The van der Waals surface area contributed by atoms with Crippen molar-refractivity contribution in [2.45, 2.75) is 30.2 Å². The van der Waals surface area contributed by atoms with E-state index in [1.54, 1.807) is 4.90 Å². The van der Waals surface area contributed by atoms with Crippen molar-refractivity contribution in [2.75, 3.05) is 26.2 Å². The highest BCUT2D eigenvalue weighted by Crippen LogP contribution is 2.27. The van der Waals surface area contributed by atoms with Gasteiger partial charge in [0.1, 0.15) is 5.82 Å². The topological polar surface area (TPSA) is 83.7 Å². The molecule has 1 aromatic carbocycles. The average Bonchev–Trinajstić information content (AvgIpc) is 3.01. The molecule has 25 heavy (non-hydrogen) atoms. The lowest BCUT2D eigenvalue weighted by molar-refractivity contribution is -0.136. The van der Waals surface area contributed by atoms with E-state index in [-0.39, 0.29) is 48.3 Å². The van der Waals surface area contributed by atoms with Crippen LogP contribution in [-0.4, -0.2) is 55.8 Å². The summed E-state index contributed by atoms with van der Waals surface area (Å²) in [6.07, 6.45) is 2.40. The van der Waals surface area contributed by atoms with Crippen molar-refractivity contribution in [2.24, 2.45) is 11.7 Å². The van der Waals surface area contributed by atoms with E-state index in [9.17, 15) is 17.6 Å². The Hall–Kier alpha value is -1.22. The summed E-state index contributed by atoms with van der Waals surface area (Å²) >= 11 is 0. The Morgan fingerprint density at radius 1 is 1.08 bits per heavy atom. The van der Waals surface area contributed by atoms with Crippen LogP contribution in [0.25, 0.3) is 0 Å². The van der Waals surface area contributed by atoms with Gasteiger partial charge >= 0.3 is 0 Å². The molecule has 9 heteroatoms. The fourth-order valence-corrected chi connectivity index (χ4v) is 4.83. The Kier molecular flexibility index (Phi) is 6.42. The largest absolute Gasteiger partial charge is 0.340 e. The molecule has 2 fully saturated rings. The fraction of sp³-hybridized carbons (Fsp3) is 0.562. The monoisotopic (exact) mass is 391 g/mol. The summed E-state index contributed by atoms with van der Waals surface area (Å²) in [5, 5.41) is 0. The van der Waals surface area contributed by atoms with Crippen molar-refractivity contribution in [1.82, 2.24) is 9.21 Å². The molecule has 1 saturated carbocycles. The van der Waals surface area contributed by atoms with Gasteiger partial charge in [0.25, 0.3) is 0 Å². The van der Waals surface area contributed by atoms with E-state index in [0.29, 0.717) is 19.5 Å². The van der Waals surface area contributed by atoms with Crippen molar-refractivity contribution in [3.8, 4) is 0 Å². The minimum Gasteiger partial charge on any atom is -0.340 e. The lowest BCUT2D eigenvalue weighted by Gasteiger charge is -2.35. The van der Waals surface area contributed by atoms with Crippen molar-refractivity contribution >= 4 is 28.3 Å². The summed E-state index contributed by atoms with van der Waals surface area (Å²) in [5.74, 6) is -0.416. The van der Waals surface area contributed by atoms with Crippen LogP contribution in [0, 0.1) is 11.7 Å². The van der Waals surface area contributed by atoms with Crippen LogP contribution < -0.4 is 5.73 Å². The summed E-state index contributed by atoms with van der Waals surface area (Å²) in [6.45, 7) is 1.27. The van der Waals surface area contributed by atoms with Crippen LogP contribution >= 0.6 is 12.4 Å². The number of carbonyl (C=O) groups is 1. The molecule has 1 heterocycles. The van der Waals surface area contributed by atoms with E-state index >= 15 is 0 Å². The van der Waals surface area contributed by atoms with Crippen molar-refractivity contribution in [1.29, 1.82) is 0 Å². The van der Waals surface area contributed by atoms with Crippen LogP contribution in [0.2, 0.25) is 0 Å².